The first-order chi connectivity index (χ1) is 8.75. The molecular formula is C11H13IN4OS. The van der Waals surface area contributed by atoms with Gasteiger partial charge in [0.25, 0.3) is 5.89 Å². The molecule has 5 nitrogen and oxygen atoms in total. The van der Waals surface area contributed by atoms with E-state index in [1.54, 1.807) is 10.9 Å². The lowest BCUT2D eigenvalue weighted by Gasteiger charge is -2.17. The second kappa shape index (κ2) is 5.20. The molecule has 0 N–H and O–H groups in total. The van der Waals surface area contributed by atoms with Crippen molar-refractivity contribution in [2.75, 3.05) is 5.75 Å². The predicted molar refractivity (Wildman–Crippen MR) is 78.3 cm³/mol. The first kappa shape index (κ1) is 12.5. The van der Waals surface area contributed by atoms with Gasteiger partial charge in [0.05, 0.1) is 15.0 Å². The summed E-state index contributed by atoms with van der Waals surface area (Å²) < 4.78 is 8.18. The fraction of sp³-hybridized carbons (Fsp3) is 0.545. The first-order valence-electron chi connectivity index (χ1n) is 5.89. The Balaban J connectivity index is 1.89. The average molecular weight is 376 g/mol. The zero-order chi connectivity index (χ0) is 12.5. The van der Waals surface area contributed by atoms with Gasteiger partial charge in [0, 0.05) is 7.05 Å². The van der Waals surface area contributed by atoms with Gasteiger partial charge >= 0.3 is 0 Å². The minimum absolute atomic E-state index is 0.391. The Morgan fingerprint density at radius 1 is 1.50 bits per heavy atom. The van der Waals surface area contributed by atoms with E-state index in [1.165, 1.54) is 18.6 Å². The topological polar surface area (TPSA) is 56.7 Å². The van der Waals surface area contributed by atoms with Crippen LogP contribution in [0.4, 0.5) is 0 Å². The van der Waals surface area contributed by atoms with E-state index in [2.05, 4.69) is 37.8 Å². The molecule has 2 aromatic heterocycles. The lowest BCUT2D eigenvalue weighted by Crippen LogP contribution is -2.03. The highest BCUT2D eigenvalue weighted by atomic mass is 127. The molecule has 1 fully saturated rings. The van der Waals surface area contributed by atoms with E-state index in [0.717, 1.165) is 21.5 Å². The summed E-state index contributed by atoms with van der Waals surface area (Å²) in [4.78, 5) is 4.53. The predicted octanol–water partition coefficient (Wildman–Crippen LogP) is 3.03. The number of nitrogens with zero attached hydrogens (tertiary/aromatic N) is 4. The molecule has 3 heterocycles. The van der Waals surface area contributed by atoms with E-state index in [0.29, 0.717) is 11.1 Å². The summed E-state index contributed by atoms with van der Waals surface area (Å²) in [7, 11) is 1.89. The molecular weight excluding hydrogens is 363 g/mol. The highest BCUT2D eigenvalue weighted by Gasteiger charge is 2.23. The van der Waals surface area contributed by atoms with Crippen LogP contribution in [-0.2, 0) is 7.05 Å². The van der Waals surface area contributed by atoms with Crippen LogP contribution in [0.15, 0.2) is 10.7 Å². The highest BCUT2D eigenvalue weighted by molar-refractivity contribution is 14.1. The van der Waals surface area contributed by atoms with Crippen molar-refractivity contribution >= 4 is 34.4 Å². The Morgan fingerprint density at radius 3 is 3.06 bits per heavy atom. The second-order valence-corrected chi connectivity index (χ2v) is 6.75. The van der Waals surface area contributed by atoms with Crippen LogP contribution >= 0.6 is 34.4 Å². The maximum absolute atomic E-state index is 5.38. The maximum Gasteiger partial charge on any atom is 0.277 e. The molecule has 7 heteroatoms. The number of aromatic nitrogens is 4. The van der Waals surface area contributed by atoms with E-state index in [1.807, 2.05) is 18.8 Å². The summed E-state index contributed by atoms with van der Waals surface area (Å²) in [5.74, 6) is 2.59. The molecule has 0 aromatic carbocycles. The van der Waals surface area contributed by atoms with Crippen LogP contribution in [0.25, 0.3) is 11.6 Å². The number of thioether (sulfide) groups is 1. The number of hydrogen-bond donors (Lipinski definition) is 0. The van der Waals surface area contributed by atoms with E-state index >= 15 is 0 Å². The molecule has 1 unspecified atom stereocenters. The molecule has 0 bridgehead atoms. The van der Waals surface area contributed by atoms with Gasteiger partial charge in [0.2, 0.25) is 0 Å². The first-order valence-corrected chi connectivity index (χ1v) is 8.01. The summed E-state index contributed by atoms with van der Waals surface area (Å²) in [6.45, 7) is 0. The summed E-state index contributed by atoms with van der Waals surface area (Å²) in [5, 5.41) is 8.71. The average Bonchev–Trinajstić information content (AvgIpc) is 2.98. The fourth-order valence-corrected chi connectivity index (χ4v) is 4.00. The van der Waals surface area contributed by atoms with Gasteiger partial charge in [-0.3, -0.25) is 4.68 Å². The van der Waals surface area contributed by atoms with E-state index in [9.17, 15) is 0 Å². The van der Waals surface area contributed by atoms with Crippen molar-refractivity contribution in [2.24, 2.45) is 7.05 Å². The normalized spacial score (nSPS) is 20.2. The standard InChI is InChI=1S/C11H13IN4OS/c1-16-9(7(12)6-13-16)11-14-10(15-17-11)8-4-2-3-5-18-8/h6,8H,2-5H2,1H3. The van der Waals surface area contributed by atoms with Crippen LogP contribution in [0.3, 0.4) is 0 Å². The Morgan fingerprint density at radius 2 is 2.39 bits per heavy atom. The molecule has 0 spiro atoms. The van der Waals surface area contributed by atoms with Crippen LogP contribution in [-0.4, -0.2) is 25.7 Å². The number of hydrogen-bond acceptors (Lipinski definition) is 5. The molecule has 0 aliphatic carbocycles. The largest absolute Gasteiger partial charge is 0.332 e. The monoisotopic (exact) mass is 376 g/mol. The van der Waals surface area contributed by atoms with Gasteiger partial charge in [-0.1, -0.05) is 11.6 Å². The van der Waals surface area contributed by atoms with Crippen molar-refractivity contribution in [3.63, 3.8) is 0 Å². The van der Waals surface area contributed by atoms with Gasteiger partial charge in [0.15, 0.2) is 5.82 Å². The summed E-state index contributed by atoms with van der Waals surface area (Å²) in [6, 6.07) is 0. The lowest BCUT2D eigenvalue weighted by molar-refractivity contribution is 0.416. The molecule has 3 rings (SSSR count). The maximum atomic E-state index is 5.38. The van der Waals surface area contributed by atoms with Gasteiger partial charge in [-0.15, -0.1) is 0 Å². The second-order valence-electron chi connectivity index (χ2n) is 4.28. The van der Waals surface area contributed by atoms with Crippen molar-refractivity contribution in [3.8, 4) is 11.6 Å². The van der Waals surface area contributed by atoms with Crippen molar-refractivity contribution in [1.82, 2.24) is 19.9 Å². The van der Waals surface area contributed by atoms with Gasteiger partial charge in [0.1, 0.15) is 5.69 Å². The molecule has 0 saturated carbocycles. The lowest BCUT2D eigenvalue weighted by atomic mass is 10.2. The van der Waals surface area contributed by atoms with E-state index in [4.69, 9.17) is 4.52 Å². The van der Waals surface area contributed by atoms with E-state index < -0.39 is 0 Å². The Hall–Kier alpha value is -0.570. The molecule has 1 saturated heterocycles. The third kappa shape index (κ3) is 2.29. The van der Waals surface area contributed by atoms with Crippen LogP contribution in [0.5, 0.6) is 0 Å². The zero-order valence-corrected chi connectivity index (χ0v) is 12.9. The SMILES string of the molecule is Cn1ncc(I)c1-c1nc(C2CCCCS2)no1. The number of halogens is 1. The smallest absolute Gasteiger partial charge is 0.277 e. The molecule has 18 heavy (non-hydrogen) atoms. The van der Waals surface area contributed by atoms with Gasteiger partial charge in [-0.05, 0) is 41.2 Å². The minimum Gasteiger partial charge on any atom is -0.332 e. The molecule has 96 valence electrons. The van der Waals surface area contributed by atoms with Crippen LogP contribution < -0.4 is 0 Å². The molecule has 1 atom stereocenters. The van der Waals surface area contributed by atoms with Gasteiger partial charge in [-0.25, -0.2) is 0 Å². The number of rotatable bonds is 2. The fourth-order valence-electron chi connectivity index (χ4n) is 2.06. The minimum atomic E-state index is 0.391. The Kier molecular flexibility index (Phi) is 3.60. The quantitative estimate of drug-likeness (QED) is 0.755. The van der Waals surface area contributed by atoms with Crippen LogP contribution in [0, 0.1) is 3.57 Å². The molecule has 1 aliphatic rings. The molecule has 0 amide bonds. The Bertz CT molecular complexity index is 527. The number of aryl methyl sites for hydroxylation is 1. The van der Waals surface area contributed by atoms with Crippen molar-refractivity contribution in [2.45, 2.75) is 24.5 Å². The third-order valence-electron chi connectivity index (χ3n) is 3.01. The van der Waals surface area contributed by atoms with Crippen LogP contribution in [0.1, 0.15) is 30.3 Å². The van der Waals surface area contributed by atoms with Crippen molar-refractivity contribution in [3.05, 3.63) is 15.6 Å². The summed E-state index contributed by atoms with van der Waals surface area (Å²) in [5.41, 5.74) is 0.898. The highest BCUT2D eigenvalue weighted by Crippen LogP contribution is 2.37. The summed E-state index contributed by atoms with van der Waals surface area (Å²) >= 11 is 4.16. The van der Waals surface area contributed by atoms with Gasteiger partial charge < -0.3 is 4.52 Å². The van der Waals surface area contributed by atoms with E-state index in [-0.39, 0.29) is 0 Å². The Labute approximate surface area is 123 Å². The van der Waals surface area contributed by atoms with Gasteiger partial charge in [-0.2, -0.15) is 21.8 Å². The van der Waals surface area contributed by atoms with Crippen LogP contribution in [0.2, 0.25) is 0 Å². The molecule has 2 aromatic rings. The molecule has 1 aliphatic heterocycles. The van der Waals surface area contributed by atoms with Crippen molar-refractivity contribution < 1.29 is 4.52 Å². The third-order valence-corrected chi connectivity index (χ3v) is 5.17. The van der Waals surface area contributed by atoms with Crippen molar-refractivity contribution in [1.29, 1.82) is 0 Å². The zero-order valence-electron chi connectivity index (χ0n) is 9.97. The molecule has 0 radical (unpaired) electrons. The summed E-state index contributed by atoms with van der Waals surface area (Å²) in [6.07, 6.45) is 5.50.